The Kier molecular flexibility index (Phi) is 6.39. The number of benzene rings is 1. The number of hydrogen-bond acceptors (Lipinski definition) is 4. The van der Waals surface area contributed by atoms with E-state index in [1.807, 2.05) is 18.2 Å². The molecule has 2 aliphatic rings. The topological polar surface area (TPSA) is 79.0 Å². The van der Waals surface area contributed by atoms with Gasteiger partial charge in [0.05, 0.1) is 6.61 Å². The van der Waals surface area contributed by atoms with E-state index >= 15 is 0 Å². The van der Waals surface area contributed by atoms with E-state index in [-0.39, 0.29) is 24.6 Å². The van der Waals surface area contributed by atoms with Crippen LogP contribution < -0.4 is 4.72 Å². The number of nitrogens with one attached hydrogen (secondary N) is 1. The molecule has 1 aliphatic carbocycles. The lowest BCUT2D eigenvalue weighted by Crippen LogP contribution is -2.54. The van der Waals surface area contributed by atoms with Crippen LogP contribution >= 0.6 is 0 Å². The van der Waals surface area contributed by atoms with Gasteiger partial charge in [0.15, 0.2) is 0 Å². The van der Waals surface area contributed by atoms with Gasteiger partial charge >= 0.3 is 6.09 Å². The Morgan fingerprint density at radius 1 is 1.11 bits per heavy atom. The minimum Gasteiger partial charge on any atom is -0.450 e. The maximum Gasteiger partial charge on any atom is 0.409 e. The van der Waals surface area contributed by atoms with E-state index in [9.17, 15) is 13.2 Å². The average Bonchev–Trinajstić information content (AvgIpc) is 3.18. The standard InChI is InChI=1S/C19H29N3O4S/c1-2-26-18(23)21-12-14-22(15-13-21)27(24,25)20-16-19(10-6-7-11-19)17-8-4-3-5-9-17/h3-5,8-9,20H,2,6-7,10-16H2,1H3. The first-order valence-corrected chi connectivity index (χ1v) is 11.1. The van der Waals surface area contributed by atoms with Crippen LogP contribution in [0.5, 0.6) is 0 Å². The first-order chi connectivity index (χ1) is 13.0. The highest BCUT2D eigenvalue weighted by Crippen LogP contribution is 2.40. The maximum atomic E-state index is 12.8. The van der Waals surface area contributed by atoms with E-state index in [2.05, 4.69) is 16.9 Å². The van der Waals surface area contributed by atoms with Crippen molar-refractivity contribution in [3.63, 3.8) is 0 Å². The zero-order valence-electron chi connectivity index (χ0n) is 15.9. The predicted molar refractivity (Wildman–Crippen MR) is 104 cm³/mol. The molecule has 1 aliphatic heterocycles. The van der Waals surface area contributed by atoms with Gasteiger partial charge in [-0.1, -0.05) is 43.2 Å². The maximum absolute atomic E-state index is 12.8. The highest BCUT2D eigenvalue weighted by molar-refractivity contribution is 7.87. The summed E-state index contributed by atoms with van der Waals surface area (Å²) in [5.41, 5.74) is 1.08. The molecule has 2 fully saturated rings. The first-order valence-electron chi connectivity index (χ1n) is 9.69. The van der Waals surface area contributed by atoms with Gasteiger partial charge in [0.1, 0.15) is 0 Å². The fourth-order valence-electron chi connectivity index (χ4n) is 4.06. The van der Waals surface area contributed by atoms with Crippen LogP contribution in [-0.4, -0.2) is 63.0 Å². The molecule has 1 saturated heterocycles. The predicted octanol–water partition coefficient (Wildman–Crippen LogP) is 2.11. The molecule has 1 N–H and O–H groups in total. The molecule has 3 rings (SSSR count). The van der Waals surface area contributed by atoms with Gasteiger partial charge in [-0.05, 0) is 25.3 Å². The third-order valence-electron chi connectivity index (χ3n) is 5.64. The van der Waals surface area contributed by atoms with Crippen molar-refractivity contribution in [3.05, 3.63) is 35.9 Å². The van der Waals surface area contributed by atoms with Gasteiger partial charge in [-0.15, -0.1) is 0 Å². The van der Waals surface area contributed by atoms with E-state index < -0.39 is 10.2 Å². The van der Waals surface area contributed by atoms with E-state index in [4.69, 9.17) is 4.74 Å². The van der Waals surface area contributed by atoms with Crippen molar-refractivity contribution in [1.29, 1.82) is 0 Å². The number of amides is 1. The van der Waals surface area contributed by atoms with Crippen LogP contribution in [0.2, 0.25) is 0 Å². The Hall–Kier alpha value is -1.64. The van der Waals surface area contributed by atoms with Crippen molar-refractivity contribution in [2.45, 2.75) is 38.0 Å². The van der Waals surface area contributed by atoms with Crippen LogP contribution in [0.25, 0.3) is 0 Å². The lowest BCUT2D eigenvalue weighted by atomic mass is 9.79. The summed E-state index contributed by atoms with van der Waals surface area (Å²) >= 11 is 0. The molecule has 0 radical (unpaired) electrons. The molecule has 1 saturated carbocycles. The highest BCUT2D eigenvalue weighted by Gasteiger charge is 2.38. The van der Waals surface area contributed by atoms with Crippen LogP contribution in [0, 0.1) is 0 Å². The van der Waals surface area contributed by atoms with E-state index in [0.717, 1.165) is 25.7 Å². The summed E-state index contributed by atoms with van der Waals surface area (Å²) in [5, 5.41) is 0. The van der Waals surface area contributed by atoms with Gasteiger partial charge in [0.25, 0.3) is 10.2 Å². The molecule has 1 aromatic rings. The highest BCUT2D eigenvalue weighted by atomic mass is 32.2. The summed E-state index contributed by atoms with van der Waals surface area (Å²) in [5.74, 6) is 0. The smallest absolute Gasteiger partial charge is 0.409 e. The quantitative estimate of drug-likeness (QED) is 0.800. The van der Waals surface area contributed by atoms with E-state index in [1.54, 1.807) is 11.8 Å². The van der Waals surface area contributed by atoms with Crippen LogP contribution in [0.1, 0.15) is 38.2 Å². The number of nitrogens with zero attached hydrogens (tertiary/aromatic N) is 2. The third kappa shape index (κ3) is 4.62. The molecule has 1 aromatic carbocycles. The second-order valence-electron chi connectivity index (χ2n) is 7.26. The van der Waals surface area contributed by atoms with Gasteiger partial charge < -0.3 is 9.64 Å². The molecule has 1 amide bonds. The minimum atomic E-state index is -3.57. The second kappa shape index (κ2) is 8.58. The van der Waals surface area contributed by atoms with Crippen LogP contribution in [0.4, 0.5) is 4.79 Å². The van der Waals surface area contributed by atoms with Crippen molar-refractivity contribution in [2.24, 2.45) is 0 Å². The Morgan fingerprint density at radius 2 is 1.74 bits per heavy atom. The van der Waals surface area contributed by atoms with Crippen molar-refractivity contribution in [3.8, 4) is 0 Å². The molecule has 7 nitrogen and oxygen atoms in total. The largest absolute Gasteiger partial charge is 0.450 e. The number of carbonyl (C=O) groups is 1. The number of ether oxygens (including phenoxy) is 1. The fourth-order valence-corrected chi connectivity index (χ4v) is 5.34. The average molecular weight is 396 g/mol. The minimum absolute atomic E-state index is 0.124. The van der Waals surface area contributed by atoms with Gasteiger partial charge in [0.2, 0.25) is 0 Å². The molecule has 0 atom stereocenters. The third-order valence-corrected chi connectivity index (χ3v) is 7.20. The summed E-state index contributed by atoms with van der Waals surface area (Å²) in [4.78, 5) is 13.3. The number of rotatable bonds is 6. The zero-order valence-corrected chi connectivity index (χ0v) is 16.7. The van der Waals surface area contributed by atoms with Gasteiger partial charge in [-0.25, -0.2) is 9.52 Å². The van der Waals surface area contributed by atoms with Crippen molar-refractivity contribution < 1.29 is 17.9 Å². The Balaban J connectivity index is 1.61. The van der Waals surface area contributed by atoms with Gasteiger partial charge in [-0.3, -0.25) is 0 Å². The number of carbonyl (C=O) groups excluding carboxylic acids is 1. The summed E-state index contributed by atoms with van der Waals surface area (Å²) < 4.78 is 34.8. The zero-order chi connectivity index (χ0) is 19.3. The Bertz CT molecular complexity index is 725. The fraction of sp³-hybridized carbons (Fsp3) is 0.632. The van der Waals surface area contributed by atoms with Crippen molar-refractivity contribution >= 4 is 16.3 Å². The molecular weight excluding hydrogens is 366 g/mol. The van der Waals surface area contributed by atoms with Crippen molar-refractivity contribution in [1.82, 2.24) is 13.9 Å². The van der Waals surface area contributed by atoms with Gasteiger partial charge in [-0.2, -0.15) is 12.7 Å². The molecule has 8 heteroatoms. The summed E-state index contributed by atoms with van der Waals surface area (Å²) in [6, 6.07) is 10.2. The molecule has 150 valence electrons. The molecule has 1 heterocycles. The SMILES string of the molecule is CCOC(=O)N1CCN(S(=O)(=O)NCC2(c3ccccc3)CCCC2)CC1. The van der Waals surface area contributed by atoms with Crippen LogP contribution in [0.15, 0.2) is 30.3 Å². The molecule has 0 aromatic heterocycles. The molecule has 0 bridgehead atoms. The molecule has 27 heavy (non-hydrogen) atoms. The van der Waals surface area contributed by atoms with E-state index in [1.165, 1.54) is 9.87 Å². The molecule has 0 spiro atoms. The summed E-state index contributed by atoms with van der Waals surface area (Å²) in [6.07, 6.45) is 3.85. The monoisotopic (exact) mass is 395 g/mol. The lowest BCUT2D eigenvalue weighted by molar-refractivity contribution is 0.0932. The van der Waals surface area contributed by atoms with E-state index in [0.29, 0.717) is 26.2 Å². The Labute approximate surface area is 161 Å². The Morgan fingerprint density at radius 3 is 2.33 bits per heavy atom. The number of piperazine rings is 1. The second-order valence-corrected chi connectivity index (χ2v) is 9.02. The normalized spacial score (nSPS) is 20.6. The van der Waals surface area contributed by atoms with Crippen molar-refractivity contribution in [2.75, 3.05) is 39.3 Å². The van der Waals surface area contributed by atoms with Crippen LogP contribution in [-0.2, 0) is 20.4 Å². The lowest BCUT2D eigenvalue weighted by Gasteiger charge is -2.35. The first kappa shape index (κ1) is 20.1. The molecule has 0 unspecified atom stereocenters. The summed E-state index contributed by atoms with van der Waals surface area (Å²) in [6.45, 7) is 3.76. The van der Waals surface area contributed by atoms with Gasteiger partial charge in [0, 0.05) is 38.1 Å². The number of hydrogen-bond donors (Lipinski definition) is 1. The van der Waals surface area contributed by atoms with Crippen LogP contribution in [0.3, 0.4) is 0 Å². The summed E-state index contributed by atoms with van der Waals surface area (Å²) in [7, 11) is -3.57. The molecular formula is C19H29N3O4S.